The molecule has 0 aliphatic carbocycles. The highest BCUT2D eigenvalue weighted by Gasteiger charge is 2.18. The first-order valence-corrected chi connectivity index (χ1v) is 4.22. The van der Waals surface area contributed by atoms with E-state index in [0.717, 1.165) is 5.56 Å². The smallest absolute Gasteiger partial charge is 0.234 e. The lowest BCUT2D eigenvalue weighted by atomic mass is 9.94. The normalized spacial score (nSPS) is 13.9. The molecule has 0 fully saturated rings. The van der Waals surface area contributed by atoms with Gasteiger partial charge in [-0.1, -0.05) is 37.3 Å². The number of carbonyl (C=O) groups excluding carboxylic acids is 1. The third-order valence-corrected chi connectivity index (χ3v) is 2.19. The molecule has 0 saturated heterocycles. The number of rotatable bonds is 3. The molecule has 14 heavy (non-hydrogen) atoms. The Balaban J connectivity index is 0.00000169. The second-order valence-electron chi connectivity index (χ2n) is 3.13. The molecular formula is C10H15ClN2O. The Labute approximate surface area is 89.9 Å². The van der Waals surface area contributed by atoms with Crippen molar-refractivity contribution < 1.29 is 4.79 Å². The molecule has 2 unspecified atom stereocenters. The Morgan fingerprint density at radius 3 is 2.21 bits per heavy atom. The molecule has 1 rings (SSSR count). The van der Waals surface area contributed by atoms with Crippen LogP contribution in [0.5, 0.6) is 0 Å². The van der Waals surface area contributed by atoms with Crippen LogP contribution in [0.4, 0.5) is 0 Å². The molecule has 0 aromatic heterocycles. The van der Waals surface area contributed by atoms with Gasteiger partial charge in [0.1, 0.15) is 0 Å². The highest BCUT2D eigenvalue weighted by molar-refractivity contribution is 5.85. The molecular weight excluding hydrogens is 200 g/mol. The summed E-state index contributed by atoms with van der Waals surface area (Å²) in [7, 11) is 0. The maximum absolute atomic E-state index is 10.8. The number of primary amides is 1. The van der Waals surface area contributed by atoms with Gasteiger partial charge in [0.05, 0.1) is 6.04 Å². The molecule has 0 aliphatic rings. The minimum Gasteiger partial charge on any atom is -0.368 e. The third kappa shape index (κ3) is 3.01. The lowest BCUT2D eigenvalue weighted by molar-refractivity contribution is -0.119. The molecule has 1 aromatic carbocycles. The summed E-state index contributed by atoms with van der Waals surface area (Å²) in [6.45, 7) is 1.89. The second kappa shape index (κ2) is 5.62. The van der Waals surface area contributed by atoms with Crippen molar-refractivity contribution in [1.29, 1.82) is 0 Å². The van der Waals surface area contributed by atoms with Crippen molar-refractivity contribution in [2.45, 2.75) is 18.9 Å². The van der Waals surface area contributed by atoms with Crippen LogP contribution >= 0.6 is 12.4 Å². The number of carbonyl (C=O) groups is 1. The standard InChI is InChI=1S/C10H14N2O.ClH/c1-7(9(11)10(12)13)8-5-3-2-4-6-8;/h2-7,9H,11H2,1H3,(H2,12,13);1H. The van der Waals surface area contributed by atoms with Crippen LogP contribution < -0.4 is 11.5 Å². The van der Waals surface area contributed by atoms with Gasteiger partial charge >= 0.3 is 0 Å². The molecule has 0 bridgehead atoms. The second-order valence-corrected chi connectivity index (χ2v) is 3.13. The molecule has 1 amide bonds. The summed E-state index contributed by atoms with van der Waals surface area (Å²) in [6, 6.07) is 9.02. The van der Waals surface area contributed by atoms with Crippen LogP contribution in [0.15, 0.2) is 30.3 Å². The van der Waals surface area contributed by atoms with Gasteiger partial charge in [0.25, 0.3) is 0 Å². The zero-order chi connectivity index (χ0) is 9.84. The Bertz CT molecular complexity index is 289. The number of benzene rings is 1. The predicted molar refractivity (Wildman–Crippen MR) is 59.3 cm³/mol. The summed E-state index contributed by atoms with van der Waals surface area (Å²) >= 11 is 0. The van der Waals surface area contributed by atoms with Crippen LogP contribution in [-0.4, -0.2) is 11.9 Å². The molecule has 2 atom stereocenters. The fourth-order valence-corrected chi connectivity index (χ4v) is 1.21. The maximum atomic E-state index is 10.8. The van der Waals surface area contributed by atoms with Crippen molar-refractivity contribution in [1.82, 2.24) is 0 Å². The van der Waals surface area contributed by atoms with E-state index in [9.17, 15) is 4.79 Å². The van der Waals surface area contributed by atoms with Gasteiger partial charge in [-0.05, 0) is 5.56 Å². The van der Waals surface area contributed by atoms with Crippen molar-refractivity contribution in [2.75, 3.05) is 0 Å². The van der Waals surface area contributed by atoms with Crippen LogP contribution in [0.2, 0.25) is 0 Å². The fourth-order valence-electron chi connectivity index (χ4n) is 1.21. The molecule has 78 valence electrons. The predicted octanol–water partition coefficient (Wildman–Crippen LogP) is 1.02. The molecule has 0 spiro atoms. The molecule has 0 heterocycles. The van der Waals surface area contributed by atoms with Gasteiger partial charge < -0.3 is 11.5 Å². The summed E-state index contributed by atoms with van der Waals surface area (Å²) in [4.78, 5) is 10.8. The Kier molecular flexibility index (Phi) is 5.20. The maximum Gasteiger partial charge on any atom is 0.234 e. The van der Waals surface area contributed by atoms with E-state index in [1.54, 1.807) is 0 Å². The summed E-state index contributed by atoms with van der Waals surface area (Å²) in [5.74, 6) is -0.491. The first kappa shape index (κ1) is 12.9. The van der Waals surface area contributed by atoms with Gasteiger partial charge in [0.15, 0.2) is 0 Å². The number of hydrogen-bond acceptors (Lipinski definition) is 2. The summed E-state index contributed by atoms with van der Waals surface area (Å²) in [5, 5.41) is 0. The van der Waals surface area contributed by atoms with Crippen molar-refractivity contribution in [3.63, 3.8) is 0 Å². The van der Waals surface area contributed by atoms with E-state index < -0.39 is 11.9 Å². The van der Waals surface area contributed by atoms with E-state index in [1.807, 2.05) is 37.3 Å². The quantitative estimate of drug-likeness (QED) is 0.789. The SMILES string of the molecule is CC(c1ccccc1)C(N)C(N)=O.Cl. The van der Waals surface area contributed by atoms with Crippen molar-refractivity contribution in [2.24, 2.45) is 11.5 Å². The van der Waals surface area contributed by atoms with Gasteiger partial charge in [0.2, 0.25) is 5.91 Å². The number of amides is 1. The highest BCUT2D eigenvalue weighted by atomic mass is 35.5. The monoisotopic (exact) mass is 214 g/mol. The van der Waals surface area contributed by atoms with Crippen LogP contribution in [0.25, 0.3) is 0 Å². The van der Waals surface area contributed by atoms with Crippen LogP contribution in [0.3, 0.4) is 0 Å². The lowest BCUT2D eigenvalue weighted by Crippen LogP contribution is -2.40. The fraction of sp³-hybridized carbons (Fsp3) is 0.300. The average Bonchev–Trinajstić information content (AvgIpc) is 2.17. The zero-order valence-electron chi connectivity index (χ0n) is 8.01. The van der Waals surface area contributed by atoms with E-state index in [0.29, 0.717) is 0 Å². The molecule has 1 aromatic rings. The van der Waals surface area contributed by atoms with Gasteiger partial charge in [-0.2, -0.15) is 0 Å². The summed E-state index contributed by atoms with van der Waals surface area (Å²) in [6.07, 6.45) is 0. The van der Waals surface area contributed by atoms with Crippen LogP contribution in [0.1, 0.15) is 18.4 Å². The molecule has 4 N–H and O–H groups in total. The number of halogens is 1. The largest absolute Gasteiger partial charge is 0.368 e. The molecule has 4 heteroatoms. The molecule has 3 nitrogen and oxygen atoms in total. The first-order valence-electron chi connectivity index (χ1n) is 4.22. The van der Waals surface area contributed by atoms with Crippen molar-refractivity contribution in [3.8, 4) is 0 Å². The van der Waals surface area contributed by atoms with Crippen LogP contribution in [0, 0.1) is 0 Å². The summed E-state index contributed by atoms with van der Waals surface area (Å²) in [5.41, 5.74) is 11.8. The molecule has 0 saturated carbocycles. The van der Waals surface area contributed by atoms with Crippen molar-refractivity contribution >= 4 is 18.3 Å². The molecule has 0 aliphatic heterocycles. The van der Waals surface area contributed by atoms with Gasteiger partial charge in [0, 0.05) is 5.92 Å². The van der Waals surface area contributed by atoms with Gasteiger partial charge in [-0.3, -0.25) is 4.79 Å². The van der Waals surface area contributed by atoms with E-state index >= 15 is 0 Å². The minimum absolute atomic E-state index is 0. The average molecular weight is 215 g/mol. The molecule has 0 radical (unpaired) electrons. The van der Waals surface area contributed by atoms with Crippen LogP contribution in [-0.2, 0) is 4.79 Å². The topological polar surface area (TPSA) is 69.1 Å². The van der Waals surface area contributed by atoms with E-state index in [2.05, 4.69) is 0 Å². The van der Waals surface area contributed by atoms with Gasteiger partial charge in [-0.25, -0.2) is 0 Å². The van der Waals surface area contributed by atoms with Gasteiger partial charge in [-0.15, -0.1) is 12.4 Å². The Morgan fingerprint density at radius 2 is 1.79 bits per heavy atom. The zero-order valence-corrected chi connectivity index (χ0v) is 8.83. The third-order valence-electron chi connectivity index (χ3n) is 2.19. The first-order chi connectivity index (χ1) is 6.13. The Morgan fingerprint density at radius 1 is 1.29 bits per heavy atom. The minimum atomic E-state index is -0.609. The van der Waals surface area contributed by atoms with Crippen molar-refractivity contribution in [3.05, 3.63) is 35.9 Å². The van der Waals surface area contributed by atoms with E-state index in [1.165, 1.54) is 0 Å². The Hall–Kier alpha value is -1.06. The van der Waals surface area contributed by atoms with E-state index in [4.69, 9.17) is 11.5 Å². The van der Waals surface area contributed by atoms with E-state index in [-0.39, 0.29) is 18.3 Å². The lowest BCUT2D eigenvalue weighted by Gasteiger charge is -2.16. The summed E-state index contributed by atoms with van der Waals surface area (Å²) < 4.78 is 0. The highest BCUT2D eigenvalue weighted by Crippen LogP contribution is 2.16. The number of nitrogens with two attached hydrogens (primary N) is 2. The number of hydrogen-bond donors (Lipinski definition) is 2.